The molecule has 0 aromatic heterocycles. The van der Waals surface area contributed by atoms with Crippen molar-refractivity contribution in [2.75, 3.05) is 55.1 Å². The zero-order valence-electron chi connectivity index (χ0n) is 30.1. The summed E-state index contributed by atoms with van der Waals surface area (Å²) >= 11 is 0. The molecule has 8 rings (SSSR count). The molecule has 0 aliphatic carbocycles. The molecule has 4 heterocycles. The number of carbonyl (C=O) groups excluding carboxylic acids is 1. The highest BCUT2D eigenvalue weighted by molar-refractivity contribution is 8.93. The van der Waals surface area contributed by atoms with Crippen molar-refractivity contribution >= 4 is 39.9 Å². The van der Waals surface area contributed by atoms with Gasteiger partial charge in [-0.05, 0) is 84.6 Å². The van der Waals surface area contributed by atoms with E-state index < -0.39 is 5.97 Å². The number of aliphatic carboxylic acids is 1. The number of carboxylic acid groups (broad SMARTS) is 1. The van der Waals surface area contributed by atoms with Crippen LogP contribution >= 0.6 is 34.0 Å². The van der Waals surface area contributed by atoms with Crippen LogP contribution in [0.5, 0.6) is 46.0 Å². The van der Waals surface area contributed by atoms with Gasteiger partial charge in [0.1, 0.15) is 11.8 Å². The highest BCUT2D eigenvalue weighted by Gasteiger charge is 2.40. The van der Waals surface area contributed by atoms with E-state index in [-0.39, 0.29) is 58.2 Å². The average molecular weight is 843 g/mol. The molecular formula is C40H46Br2N2O8. The number of hydrogen-bond acceptors (Lipinski definition) is 9. The SMILES string of the molecule is Br.Br.COc1ccc2cc1Oc1ccc(cc1)CC1c3cc(c(OC)cc3CC[N+]1(C)CCC(=O)[O-])Oc1c(O)c(OC)cc3c1C(C2)N(C)CC3. The number of methoxy groups -OCH3 is 3. The number of fused-ring (bicyclic) bond motifs is 2. The number of carboxylic acids is 1. The van der Waals surface area contributed by atoms with Crippen molar-refractivity contribution in [3.05, 3.63) is 94.0 Å². The Bertz CT molecular complexity index is 1940. The van der Waals surface area contributed by atoms with Crippen LogP contribution in [0.2, 0.25) is 0 Å². The van der Waals surface area contributed by atoms with E-state index in [0.717, 1.165) is 59.3 Å². The second-order valence-electron chi connectivity index (χ2n) is 13.8. The van der Waals surface area contributed by atoms with E-state index in [2.05, 4.69) is 31.1 Å². The molecule has 0 saturated heterocycles. The van der Waals surface area contributed by atoms with Gasteiger partial charge in [-0.15, -0.1) is 34.0 Å². The van der Waals surface area contributed by atoms with Gasteiger partial charge < -0.3 is 43.2 Å². The fourth-order valence-corrected chi connectivity index (χ4v) is 7.95. The quantitative estimate of drug-likeness (QED) is 0.213. The summed E-state index contributed by atoms with van der Waals surface area (Å²) in [5.41, 5.74) is 6.22. The fraction of sp³-hybridized carbons (Fsp3) is 0.375. The van der Waals surface area contributed by atoms with Crippen LogP contribution < -0.4 is 28.8 Å². The highest BCUT2D eigenvalue weighted by atomic mass is 79.9. The third kappa shape index (κ3) is 7.44. The van der Waals surface area contributed by atoms with Crippen LogP contribution in [0.3, 0.4) is 0 Å². The minimum absolute atomic E-state index is 0. The van der Waals surface area contributed by atoms with Gasteiger partial charge >= 0.3 is 0 Å². The van der Waals surface area contributed by atoms with Gasteiger partial charge in [-0.1, -0.05) is 18.2 Å². The first-order valence-electron chi connectivity index (χ1n) is 17.1. The number of phenolic OH excluding ortho intramolecular Hbond substituents is 1. The summed E-state index contributed by atoms with van der Waals surface area (Å²) in [6, 6.07) is 19.8. The Morgan fingerprint density at radius 1 is 0.865 bits per heavy atom. The first kappa shape index (κ1) is 39.2. The number of halogens is 2. The Balaban J connectivity index is 0.00000261. The van der Waals surface area contributed by atoms with Crippen molar-refractivity contribution < 1.29 is 43.2 Å². The Morgan fingerprint density at radius 3 is 2.23 bits per heavy atom. The summed E-state index contributed by atoms with van der Waals surface area (Å²) < 4.78 is 31.1. The molecule has 0 spiro atoms. The lowest BCUT2D eigenvalue weighted by Gasteiger charge is -2.46. The zero-order chi connectivity index (χ0) is 35.2. The van der Waals surface area contributed by atoms with Crippen LogP contribution in [-0.2, 0) is 30.5 Å². The number of likely N-dealkylation sites (N-methyl/N-ethyl adjacent to an activating group) is 2. The van der Waals surface area contributed by atoms with Crippen LogP contribution in [0, 0.1) is 0 Å². The van der Waals surface area contributed by atoms with Crippen molar-refractivity contribution in [2.45, 2.75) is 44.2 Å². The second-order valence-corrected chi connectivity index (χ2v) is 13.8. The Kier molecular flexibility index (Phi) is 12.0. The highest BCUT2D eigenvalue weighted by Crippen LogP contribution is 2.52. The van der Waals surface area contributed by atoms with Crippen LogP contribution in [0.4, 0.5) is 0 Å². The maximum Gasteiger partial charge on any atom is 0.201 e. The molecule has 0 radical (unpaired) electrons. The van der Waals surface area contributed by atoms with E-state index >= 15 is 0 Å². The van der Waals surface area contributed by atoms with Crippen molar-refractivity contribution in [1.29, 1.82) is 0 Å². The molecule has 278 valence electrons. The summed E-state index contributed by atoms with van der Waals surface area (Å²) in [7, 11) is 9.00. The molecule has 4 aromatic carbocycles. The molecule has 0 saturated carbocycles. The van der Waals surface area contributed by atoms with Gasteiger partial charge in [0.15, 0.2) is 34.5 Å². The summed E-state index contributed by atoms with van der Waals surface area (Å²) in [5, 5.41) is 23.5. The van der Waals surface area contributed by atoms with Crippen LogP contribution in [0.15, 0.2) is 60.7 Å². The van der Waals surface area contributed by atoms with Crippen LogP contribution in [0.25, 0.3) is 0 Å². The molecule has 12 heteroatoms. The molecule has 1 N–H and O–H groups in total. The number of rotatable bonds is 6. The molecule has 0 fully saturated rings. The molecule has 52 heavy (non-hydrogen) atoms. The van der Waals surface area contributed by atoms with Gasteiger partial charge in [0.2, 0.25) is 5.75 Å². The molecule has 4 aliphatic rings. The fourth-order valence-electron chi connectivity index (χ4n) is 7.95. The Hall–Kier alpha value is -3.97. The molecule has 6 bridgehead atoms. The monoisotopic (exact) mass is 840 g/mol. The minimum Gasteiger partial charge on any atom is -0.550 e. The number of quaternary nitrogens is 1. The first-order valence-corrected chi connectivity index (χ1v) is 17.1. The number of phenols is 1. The molecule has 0 amide bonds. The maximum atomic E-state index is 11.7. The standard InChI is InChI=1S/C40H44N2O8.2BrH/c1-41-15-12-27-22-36(48-5)39(45)40-38(27)30(41)18-25-8-11-32(46-3)34(20-25)49-28-9-6-24(7-10-28)19-31-29-23-35(50-40)33(47-4)21-26(29)13-16-42(31,2)17-14-37(43)44;;/h6-11,20-23,30-31H,12-19H2,1-5H3,(H-,43,44,45);2*1H. The van der Waals surface area contributed by atoms with Gasteiger partial charge in [0.25, 0.3) is 0 Å². The minimum atomic E-state index is -1.06. The number of hydrogen-bond donors (Lipinski definition) is 1. The number of carbonyl (C=O) groups is 1. The summed E-state index contributed by atoms with van der Waals surface area (Å²) in [6.45, 7) is 1.98. The molecule has 10 nitrogen and oxygen atoms in total. The van der Waals surface area contributed by atoms with Crippen molar-refractivity contribution in [2.24, 2.45) is 0 Å². The van der Waals surface area contributed by atoms with E-state index in [1.54, 1.807) is 21.3 Å². The van der Waals surface area contributed by atoms with E-state index in [0.29, 0.717) is 64.1 Å². The van der Waals surface area contributed by atoms with E-state index in [1.807, 2.05) is 48.5 Å². The predicted molar refractivity (Wildman–Crippen MR) is 206 cm³/mol. The third-order valence-electron chi connectivity index (χ3n) is 10.9. The predicted octanol–water partition coefficient (Wildman–Crippen LogP) is 6.67. The number of benzene rings is 4. The third-order valence-corrected chi connectivity index (χ3v) is 10.9. The van der Waals surface area contributed by atoms with Gasteiger partial charge in [-0.25, -0.2) is 0 Å². The van der Waals surface area contributed by atoms with E-state index in [1.165, 1.54) is 0 Å². The number of ether oxygens (including phenoxy) is 5. The van der Waals surface area contributed by atoms with Gasteiger partial charge in [-0.3, -0.25) is 4.90 Å². The van der Waals surface area contributed by atoms with Crippen molar-refractivity contribution in [1.82, 2.24) is 4.90 Å². The van der Waals surface area contributed by atoms with Crippen molar-refractivity contribution in [3.63, 3.8) is 0 Å². The molecular weight excluding hydrogens is 796 g/mol. The average Bonchev–Trinajstić information content (AvgIpc) is 3.11. The van der Waals surface area contributed by atoms with Crippen LogP contribution in [-0.4, -0.2) is 75.5 Å². The summed E-state index contributed by atoms with van der Waals surface area (Å²) in [5.74, 6) is 2.47. The lowest BCUT2D eigenvalue weighted by molar-refractivity contribution is -0.941. The lowest BCUT2D eigenvalue weighted by atomic mass is 9.86. The largest absolute Gasteiger partial charge is 0.550 e. The zero-order valence-corrected chi connectivity index (χ0v) is 33.5. The maximum absolute atomic E-state index is 11.7. The number of aromatic hydroxyl groups is 1. The lowest BCUT2D eigenvalue weighted by Crippen LogP contribution is -2.53. The molecule has 4 aromatic rings. The molecule has 3 atom stereocenters. The topological polar surface area (TPSA) is 110 Å². The number of nitrogens with zero attached hydrogens (tertiary/aromatic N) is 2. The van der Waals surface area contributed by atoms with Gasteiger partial charge in [0, 0.05) is 48.9 Å². The summed E-state index contributed by atoms with van der Waals surface area (Å²) in [4.78, 5) is 14.0. The Morgan fingerprint density at radius 2 is 1.54 bits per heavy atom. The van der Waals surface area contributed by atoms with Gasteiger partial charge in [-0.2, -0.15) is 0 Å². The Labute approximate surface area is 325 Å². The smallest absolute Gasteiger partial charge is 0.201 e. The van der Waals surface area contributed by atoms with E-state index in [4.69, 9.17) is 23.7 Å². The molecule has 3 unspecified atom stereocenters. The van der Waals surface area contributed by atoms with Crippen molar-refractivity contribution in [3.8, 4) is 46.0 Å². The second kappa shape index (κ2) is 16.0. The molecule has 4 aliphatic heterocycles. The van der Waals surface area contributed by atoms with Crippen LogP contribution in [0.1, 0.15) is 51.9 Å². The normalized spacial score (nSPS) is 20.3. The van der Waals surface area contributed by atoms with Gasteiger partial charge in [0.05, 0.1) is 41.5 Å². The summed E-state index contributed by atoms with van der Waals surface area (Å²) in [6.07, 6.45) is 2.70. The first-order chi connectivity index (χ1) is 24.1. The van der Waals surface area contributed by atoms with E-state index in [9.17, 15) is 15.0 Å².